The Bertz CT molecular complexity index is 639. The minimum absolute atomic E-state index is 0.481. The molecule has 2 aromatic heterocycles. The first-order chi connectivity index (χ1) is 9.63. The molecule has 20 heavy (non-hydrogen) atoms. The van der Waals surface area contributed by atoms with Crippen LogP contribution in [-0.2, 0) is 6.54 Å². The van der Waals surface area contributed by atoms with E-state index in [1.54, 1.807) is 6.20 Å². The van der Waals surface area contributed by atoms with Gasteiger partial charge in [0.05, 0.1) is 12.2 Å². The summed E-state index contributed by atoms with van der Waals surface area (Å²) in [5, 5.41) is 3.83. The van der Waals surface area contributed by atoms with E-state index in [2.05, 4.69) is 25.3 Å². The lowest BCUT2D eigenvalue weighted by Crippen LogP contribution is -2.08. The zero-order valence-corrected chi connectivity index (χ0v) is 12.3. The Labute approximate surface area is 122 Å². The first-order valence-electron chi connectivity index (χ1n) is 6.70. The quantitative estimate of drug-likeness (QED) is 0.877. The van der Waals surface area contributed by atoms with Crippen molar-refractivity contribution in [1.29, 1.82) is 0 Å². The molecule has 0 bridgehead atoms. The molecule has 0 aromatic carbocycles. The van der Waals surface area contributed by atoms with Crippen molar-refractivity contribution in [2.75, 3.05) is 5.32 Å². The number of hydrogen-bond acceptors (Lipinski definition) is 5. The van der Waals surface area contributed by atoms with E-state index in [9.17, 15) is 0 Å². The zero-order valence-electron chi connectivity index (χ0n) is 11.5. The second kappa shape index (κ2) is 5.32. The molecule has 0 aliphatic heterocycles. The van der Waals surface area contributed by atoms with E-state index >= 15 is 0 Å². The van der Waals surface area contributed by atoms with E-state index in [1.165, 1.54) is 0 Å². The van der Waals surface area contributed by atoms with Gasteiger partial charge in [-0.1, -0.05) is 11.6 Å². The number of nitrogens with one attached hydrogen (secondary N) is 1. The van der Waals surface area contributed by atoms with Gasteiger partial charge < -0.3 is 5.32 Å². The molecule has 2 heterocycles. The van der Waals surface area contributed by atoms with Gasteiger partial charge in [-0.2, -0.15) is 0 Å². The van der Waals surface area contributed by atoms with Crippen LogP contribution >= 0.6 is 11.6 Å². The first-order valence-corrected chi connectivity index (χ1v) is 7.07. The van der Waals surface area contributed by atoms with Crippen molar-refractivity contribution >= 4 is 17.4 Å². The van der Waals surface area contributed by atoms with Crippen LogP contribution in [0, 0.1) is 13.8 Å². The van der Waals surface area contributed by atoms with Gasteiger partial charge in [0.2, 0.25) is 0 Å². The van der Waals surface area contributed by atoms with Crippen LogP contribution in [-0.4, -0.2) is 19.9 Å². The maximum absolute atomic E-state index is 6.18. The molecule has 1 fully saturated rings. The molecule has 104 valence electrons. The van der Waals surface area contributed by atoms with Crippen molar-refractivity contribution in [2.45, 2.75) is 39.2 Å². The van der Waals surface area contributed by atoms with E-state index < -0.39 is 0 Å². The topological polar surface area (TPSA) is 63.6 Å². The van der Waals surface area contributed by atoms with Gasteiger partial charge in [-0.05, 0) is 32.8 Å². The molecule has 2 aromatic rings. The SMILES string of the molecule is Cc1nccc(CNc2nc(C3CC3)nc(Cl)c2C)n1. The Kier molecular flexibility index (Phi) is 3.53. The first kappa shape index (κ1) is 13.2. The number of anilines is 1. The second-order valence-corrected chi connectivity index (χ2v) is 5.43. The van der Waals surface area contributed by atoms with Crippen LogP contribution < -0.4 is 5.32 Å². The van der Waals surface area contributed by atoms with Gasteiger partial charge in [0.1, 0.15) is 22.6 Å². The average molecular weight is 290 g/mol. The fraction of sp³-hybridized carbons (Fsp3) is 0.429. The van der Waals surface area contributed by atoms with Gasteiger partial charge in [-0.25, -0.2) is 19.9 Å². The number of nitrogens with zero attached hydrogens (tertiary/aromatic N) is 4. The maximum atomic E-state index is 6.18. The van der Waals surface area contributed by atoms with Gasteiger partial charge in [-0.3, -0.25) is 0 Å². The number of aromatic nitrogens is 4. The highest BCUT2D eigenvalue weighted by atomic mass is 35.5. The van der Waals surface area contributed by atoms with Gasteiger partial charge in [0, 0.05) is 17.7 Å². The summed E-state index contributed by atoms with van der Waals surface area (Å²) in [7, 11) is 0. The lowest BCUT2D eigenvalue weighted by Gasteiger charge is -2.11. The number of rotatable bonds is 4. The predicted molar refractivity (Wildman–Crippen MR) is 77.8 cm³/mol. The lowest BCUT2D eigenvalue weighted by atomic mass is 10.3. The summed E-state index contributed by atoms with van der Waals surface area (Å²) in [6, 6.07) is 1.89. The fourth-order valence-electron chi connectivity index (χ4n) is 1.98. The molecule has 0 atom stereocenters. The average Bonchev–Trinajstić information content (AvgIpc) is 3.25. The van der Waals surface area contributed by atoms with Gasteiger partial charge in [0.15, 0.2) is 0 Å². The molecule has 1 aliphatic carbocycles. The monoisotopic (exact) mass is 289 g/mol. The van der Waals surface area contributed by atoms with E-state index in [4.69, 9.17) is 11.6 Å². The molecule has 0 unspecified atom stereocenters. The molecular formula is C14H16ClN5. The summed E-state index contributed by atoms with van der Waals surface area (Å²) in [6.07, 6.45) is 4.07. The summed E-state index contributed by atoms with van der Waals surface area (Å²) in [6.45, 7) is 4.40. The van der Waals surface area contributed by atoms with E-state index in [1.807, 2.05) is 19.9 Å². The van der Waals surface area contributed by atoms with Crippen molar-refractivity contribution in [3.05, 3.63) is 40.3 Å². The van der Waals surface area contributed by atoms with Crippen molar-refractivity contribution in [2.24, 2.45) is 0 Å². The molecule has 5 nitrogen and oxygen atoms in total. The van der Waals surface area contributed by atoms with Crippen LogP contribution in [0.4, 0.5) is 5.82 Å². The molecular weight excluding hydrogens is 274 g/mol. The third-order valence-electron chi connectivity index (χ3n) is 3.32. The normalized spacial score (nSPS) is 14.3. The minimum Gasteiger partial charge on any atom is -0.364 e. The number of aryl methyl sites for hydroxylation is 1. The number of hydrogen-bond donors (Lipinski definition) is 1. The summed E-state index contributed by atoms with van der Waals surface area (Å²) in [5.41, 5.74) is 1.81. The number of halogens is 1. The van der Waals surface area contributed by atoms with Gasteiger partial charge >= 0.3 is 0 Å². The zero-order chi connectivity index (χ0) is 14.1. The van der Waals surface area contributed by atoms with Crippen molar-refractivity contribution < 1.29 is 0 Å². The highest BCUT2D eigenvalue weighted by Crippen LogP contribution is 2.39. The van der Waals surface area contributed by atoms with Crippen molar-refractivity contribution in [3.63, 3.8) is 0 Å². The summed E-state index contributed by atoms with van der Waals surface area (Å²) < 4.78 is 0. The van der Waals surface area contributed by atoms with Crippen LogP contribution in [0.1, 0.15) is 41.7 Å². The Morgan fingerprint density at radius 1 is 1.25 bits per heavy atom. The molecule has 1 aliphatic rings. The molecule has 1 N–H and O–H groups in total. The Morgan fingerprint density at radius 2 is 2.05 bits per heavy atom. The highest BCUT2D eigenvalue weighted by molar-refractivity contribution is 6.30. The van der Waals surface area contributed by atoms with Crippen LogP contribution in [0.15, 0.2) is 12.3 Å². The third-order valence-corrected chi connectivity index (χ3v) is 3.68. The lowest BCUT2D eigenvalue weighted by molar-refractivity contribution is 0.900. The molecule has 3 rings (SSSR count). The molecule has 0 saturated heterocycles. The summed E-state index contributed by atoms with van der Waals surface area (Å²) in [4.78, 5) is 17.4. The highest BCUT2D eigenvalue weighted by Gasteiger charge is 2.27. The minimum atomic E-state index is 0.481. The standard InChI is InChI=1S/C14H16ClN5/c1-8-12(15)19-14(10-3-4-10)20-13(8)17-7-11-5-6-16-9(2)18-11/h5-6,10H,3-4,7H2,1-2H3,(H,17,19,20). The summed E-state index contributed by atoms with van der Waals surface area (Å²) >= 11 is 6.18. The molecule has 6 heteroatoms. The summed E-state index contributed by atoms with van der Waals surface area (Å²) in [5.74, 6) is 2.89. The predicted octanol–water partition coefficient (Wildman–Crippen LogP) is 3.03. The van der Waals surface area contributed by atoms with E-state index in [0.29, 0.717) is 17.6 Å². The van der Waals surface area contributed by atoms with Crippen molar-refractivity contribution in [1.82, 2.24) is 19.9 Å². The van der Waals surface area contributed by atoms with Gasteiger partial charge in [0.25, 0.3) is 0 Å². The van der Waals surface area contributed by atoms with E-state index in [-0.39, 0.29) is 0 Å². The van der Waals surface area contributed by atoms with Crippen LogP contribution in [0.3, 0.4) is 0 Å². The Hall–Kier alpha value is -1.75. The maximum Gasteiger partial charge on any atom is 0.137 e. The molecule has 1 saturated carbocycles. The smallest absolute Gasteiger partial charge is 0.137 e. The van der Waals surface area contributed by atoms with Gasteiger partial charge in [-0.15, -0.1) is 0 Å². The molecule has 0 spiro atoms. The fourth-order valence-corrected chi connectivity index (χ4v) is 2.16. The van der Waals surface area contributed by atoms with Crippen LogP contribution in [0.5, 0.6) is 0 Å². The van der Waals surface area contributed by atoms with E-state index in [0.717, 1.165) is 41.6 Å². The molecule has 0 radical (unpaired) electrons. The van der Waals surface area contributed by atoms with Crippen molar-refractivity contribution in [3.8, 4) is 0 Å². The Morgan fingerprint density at radius 3 is 2.75 bits per heavy atom. The largest absolute Gasteiger partial charge is 0.364 e. The molecule has 0 amide bonds. The van der Waals surface area contributed by atoms with Crippen LogP contribution in [0.2, 0.25) is 5.15 Å². The Balaban J connectivity index is 1.79. The third kappa shape index (κ3) is 2.88. The van der Waals surface area contributed by atoms with Crippen LogP contribution in [0.25, 0.3) is 0 Å². The second-order valence-electron chi connectivity index (χ2n) is 5.07.